The fourth-order valence-corrected chi connectivity index (χ4v) is 4.23. The van der Waals surface area contributed by atoms with Gasteiger partial charge < -0.3 is 10.6 Å². The summed E-state index contributed by atoms with van der Waals surface area (Å²) in [5, 5.41) is 10.8. The Morgan fingerprint density at radius 3 is 2.71 bits per heavy atom. The minimum atomic E-state index is -1.18. The van der Waals surface area contributed by atoms with Crippen molar-refractivity contribution < 1.29 is 9.59 Å². The number of hydrogen-bond donors (Lipinski definition) is 2. The first-order chi connectivity index (χ1) is 11.3. The van der Waals surface area contributed by atoms with Gasteiger partial charge in [-0.3, -0.25) is 9.59 Å². The van der Waals surface area contributed by atoms with E-state index in [1.165, 1.54) is 0 Å². The largest absolute Gasteiger partial charge is 0.325 e. The van der Waals surface area contributed by atoms with Crippen LogP contribution in [0.5, 0.6) is 0 Å². The van der Waals surface area contributed by atoms with Gasteiger partial charge in [0.15, 0.2) is 0 Å². The number of carbonyl (C=O) groups is 2. The fraction of sp³-hybridized carbons (Fsp3) is 0.312. The van der Waals surface area contributed by atoms with E-state index in [2.05, 4.69) is 15.7 Å². The molecule has 2 aliphatic rings. The molecule has 0 saturated carbocycles. The monoisotopic (exact) mass is 364 g/mol. The standard InChI is InChI=1S/C16H14Cl2N4O2/c1-7(2)22-14-9(6-19-22)16(5-12(23)21-14)13-10(18)3-8(17)4-11(13)20-15(16)24/h3-4,6-7H,5H2,1-2H3,(H,20,24)(H,21,23)/t16-/m0/s1. The van der Waals surface area contributed by atoms with Gasteiger partial charge in [-0.05, 0) is 26.0 Å². The van der Waals surface area contributed by atoms with Crippen molar-refractivity contribution in [3.8, 4) is 0 Å². The van der Waals surface area contributed by atoms with Crippen LogP contribution in [0.1, 0.15) is 37.4 Å². The summed E-state index contributed by atoms with van der Waals surface area (Å²) < 4.78 is 1.70. The Morgan fingerprint density at radius 1 is 1.25 bits per heavy atom. The van der Waals surface area contributed by atoms with Crippen molar-refractivity contribution in [3.63, 3.8) is 0 Å². The van der Waals surface area contributed by atoms with Crippen LogP contribution in [-0.4, -0.2) is 21.6 Å². The molecule has 1 spiro atoms. The van der Waals surface area contributed by atoms with Gasteiger partial charge >= 0.3 is 0 Å². The van der Waals surface area contributed by atoms with Gasteiger partial charge in [-0.15, -0.1) is 0 Å². The summed E-state index contributed by atoms with van der Waals surface area (Å²) in [6.45, 7) is 3.91. The zero-order valence-corrected chi connectivity index (χ0v) is 14.5. The average Bonchev–Trinajstić information content (AvgIpc) is 2.99. The Bertz CT molecular complexity index is 906. The molecule has 0 radical (unpaired) electrons. The summed E-state index contributed by atoms with van der Waals surface area (Å²) >= 11 is 12.5. The van der Waals surface area contributed by atoms with Crippen LogP contribution in [0, 0.1) is 0 Å². The maximum Gasteiger partial charge on any atom is 0.240 e. The lowest BCUT2D eigenvalue weighted by atomic mass is 9.72. The van der Waals surface area contributed by atoms with Crippen LogP contribution in [-0.2, 0) is 15.0 Å². The third-order valence-corrected chi connectivity index (χ3v) is 5.06. The highest BCUT2D eigenvalue weighted by atomic mass is 35.5. The van der Waals surface area contributed by atoms with E-state index in [4.69, 9.17) is 23.2 Å². The molecule has 0 bridgehead atoms. The summed E-state index contributed by atoms with van der Waals surface area (Å²) in [5.74, 6) is -0.00439. The van der Waals surface area contributed by atoms with E-state index >= 15 is 0 Å². The Hall–Kier alpha value is -2.05. The van der Waals surface area contributed by atoms with Gasteiger partial charge in [-0.25, -0.2) is 4.68 Å². The molecule has 2 aromatic rings. The number of benzene rings is 1. The van der Waals surface area contributed by atoms with Gasteiger partial charge in [0.2, 0.25) is 11.8 Å². The molecule has 2 N–H and O–H groups in total. The number of hydrogen-bond acceptors (Lipinski definition) is 3. The van der Waals surface area contributed by atoms with Crippen molar-refractivity contribution in [2.24, 2.45) is 0 Å². The smallest absolute Gasteiger partial charge is 0.240 e. The Balaban J connectivity index is 2.05. The normalized spacial score (nSPS) is 21.7. The topological polar surface area (TPSA) is 76.0 Å². The summed E-state index contributed by atoms with van der Waals surface area (Å²) in [5.41, 5.74) is 0.589. The molecule has 0 fully saturated rings. The number of anilines is 2. The molecule has 6 nitrogen and oxygen atoms in total. The summed E-state index contributed by atoms with van der Waals surface area (Å²) in [4.78, 5) is 25.3. The summed E-state index contributed by atoms with van der Waals surface area (Å²) in [6, 6.07) is 3.27. The van der Waals surface area contributed by atoms with Crippen LogP contribution in [0.15, 0.2) is 18.3 Å². The van der Waals surface area contributed by atoms with Gasteiger partial charge in [-0.2, -0.15) is 5.10 Å². The van der Waals surface area contributed by atoms with E-state index in [1.807, 2.05) is 13.8 Å². The molecular formula is C16H14Cl2N4O2. The molecule has 1 aromatic carbocycles. The lowest BCUT2D eigenvalue weighted by molar-refractivity contribution is -0.125. The van der Waals surface area contributed by atoms with Crippen molar-refractivity contribution in [2.75, 3.05) is 10.6 Å². The number of rotatable bonds is 1. The zero-order valence-electron chi connectivity index (χ0n) is 13.0. The average molecular weight is 365 g/mol. The summed E-state index contributed by atoms with van der Waals surface area (Å²) in [6.07, 6.45) is 1.61. The second-order valence-electron chi connectivity index (χ2n) is 6.34. The van der Waals surface area contributed by atoms with Crippen LogP contribution in [0.25, 0.3) is 0 Å². The van der Waals surface area contributed by atoms with Crippen molar-refractivity contribution in [1.82, 2.24) is 9.78 Å². The van der Waals surface area contributed by atoms with Crippen molar-refractivity contribution in [2.45, 2.75) is 31.7 Å². The first kappa shape index (κ1) is 15.5. The van der Waals surface area contributed by atoms with Crippen LogP contribution < -0.4 is 10.6 Å². The van der Waals surface area contributed by atoms with E-state index in [0.29, 0.717) is 32.7 Å². The van der Waals surface area contributed by atoms with Crippen LogP contribution in [0.4, 0.5) is 11.5 Å². The molecule has 4 rings (SSSR count). The molecule has 8 heteroatoms. The molecule has 0 aliphatic carbocycles. The molecule has 2 aliphatic heterocycles. The first-order valence-corrected chi connectivity index (χ1v) is 8.29. The van der Waals surface area contributed by atoms with Crippen LogP contribution >= 0.6 is 23.2 Å². The highest BCUT2D eigenvalue weighted by Crippen LogP contribution is 2.53. The number of fused-ring (bicyclic) bond motifs is 4. The Kier molecular flexibility index (Phi) is 3.21. The fourth-order valence-electron chi connectivity index (χ4n) is 3.58. The molecule has 1 aromatic heterocycles. The van der Waals surface area contributed by atoms with Gasteiger partial charge in [0.05, 0.1) is 6.20 Å². The SMILES string of the molecule is CC(C)n1ncc2c1NC(=O)C[C@]21C(=O)Nc2cc(Cl)cc(Cl)c21. The molecule has 2 amide bonds. The number of halogens is 2. The predicted octanol–water partition coefficient (Wildman–Crippen LogP) is 3.35. The van der Waals surface area contributed by atoms with E-state index in [-0.39, 0.29) is 24.3 Å². The van der Waals surface area contributed by atoms with Gasteiger partial charge in [0, 0.05) is 39.3 Å². The predicted molar refractivity (Wildman–Crippen MR) is 91.7 cm³/mol. The molecule has 1 atom stereocenters. The van der Waals surface area contributed by atoms with Crippen molar-refractivity contribution >= 4 is 46.5 Å². The number of nitrogens with one attached hydrogen (secondary N) is 2. The number of aromatic nitrogens is 2. The molecule has 24 heavy (non-hydrogen) atoms. The molecule has 3 heterocycles. The van der Waals surface area contributed by atoms with Crippen LogP contribution in [0.3, 0.4) is 0 Å². The van der Waals surface area contributed by atoms with Crippen molar-refractivity contribution in [1.29, 1.82) is 0 Å². The lowest BCUT2D eigenvalue weighted by Crippen LogP contribution is -2.43. The van der Waals surface area contributed by atoms with Crippen LogP contribution in [0.2, 0.25) is 10.0 Å². The van der Waals surface area contributed by atoms with Crippen molar-refractivity contribution in [3.05, 3.63) is 39.5 Å². The molecule has 0 saturated heterocycles. The Morgan fingerprint density at radius 2 is 2.00 bits per heavy atom. The third-order valence-electron chi connectivity index (χ3n) is 4.55. The number of nitrogens with zero attached hydrogens (tertiary/aromatic N) is 2. The highest BCUT2D eigenvalue weighted by molar-refractivity contribution is 6.37. The summed E-state index contributed by atoms with van der Waals surface area (Å²) in [7, 11) is 0. The molecule has 124 valence electrons. The van der Waals surface area contributed by atoms with E-state index in [9.17, 15) is 9.59 Å². The lowest BCUT2D eigenvalue weighted by Gasteiger charge is -2.32. The van der Waals surface area contributed by atoms with E-state index in [1.54, 1.807) is 23.0 Å². The minimum absolute atomic E-state index is 0.0238. The first-order valence-electron chi connectivity index (χ1n) is 7.53. The molecular weight excluding hydrogens is 351 g/mol. The second-order valence-corrected chi connectivity index (χ2v) is 7.18. The third kappa shape index (κ3) is 1.87. The van der Waals surface area contributed by atoms with Gasteiger partial charge in [-0.1, -0.05) is 23.2 Å². The number of amides is 2. The van der Waals surface area contributed by atoms with E-state index in [0.717, 1.165) is 0 Å². The number of carbonyl (C=O) groups excluding carboxylic acids is 2. The van der Waals surface area contributed by atoms with E-state index < -0.39 is 5.41 Å². The maximum atomic E-state index is 12.9. The zero-order chi connectivity index (χ0) is 17.2. The quantitative estimate of drug-likeness (QED) is 0.814. The molecule has 0 unspecified atom stereocenters. The highest BCUT2D eigenvalue weighted by Gasteiger charge is 2.55. The minimum Gasteiger partial charge on any atom is -0.325 e. The van der Waals surface area contributed by atoms with Gasteiger partial charge in [0.25, 0.3) is 0 Å². The second kappa shape index (κ2) is 4.97. The Labute approximate surface area is 148 Å². The maximum absolute atomic E-state index is 12.9. The van der Waals surface area contributed by atoms with Gasteiger partial charge in [0.1, 0.15) is 11.2 Å².